The van der Waals surface area contributed by atoms with Gasteiger partial charge < -0.3 is 15.1 Å². The molecular formula is C12H14N4O2. The second kappa shape index (κ2) is 5.92. The first-order valence-corrected chi connectivity index (χ1v) is 5.66. The van der Waals surface area contributed by atoms with Crippen molar-refractivity contribution in [2.24, 2.45) is 0 Å². The molecule has 1 aromatic heterocycles. The molecular weight excluding hydrogens is 232 g/mol. The van der Waals surface area contributed by atoms with E-state index in [2.05, 4.69) is 20.8 Å². The first-order chi connectivity index (χ1) is 8.79. The average Bonchev–Trinajstić information content (AvgIpc) is 2.90. The van der Waals surface area contributed by atoms with Gasteiger partial charge in [0.2, 0.25) is 18.2 Å². The minimum absolute atomic E-state index is 0.0838. The van der Waals surface area contributed by atoms with E-state index in [1.807, 2.05) is 25.1 Å². The Hall–Kier alpha value is -2.21. The van der Waals surface area contributed by atoms with Gasteiger partial charge in [-0.05, 0) is 24.7 Å². The summed E-state index contributed by atoms with van der Waals surface area (Å²) in [5, 5.41) is 13.2. The Morgan fingerprint density at radius 2 is 2.33 bits per heavy atom. The molecule has 0 spiro atoms. The van der Waals surface area contributed by atoms with Crippen LogP contribution in [0.1, 0.15) is 6.92 Å². The van der Waals surface area contributed by atoms with Crippen LogP contribution in [0.3, 0.4) is 0 Å². The maximum absolute atomic E-state index is 11.5. The molecule has 94 valence electrons. The molecule has 0 saturated carbocycles. The molecule has 0 atom stereocenters. The summed E-state index contributed by atoms with van der Waals surface area (Å²) in [7, 11) is 0. The van der Waals surface area contributed by atoms with Crippen LogP contribution < -0.4 is 10.6 Å². The summed E-state index contributed by atoms with van der Waals surface area (Å²) >= 11 is 0. The molecule has 2 rings (SSSR count). The molecule has 0 aliphatic carbocycles. The van der Waals surface area contributed by atoms with Crippen LogP contribution in [0.2, 0.25) is 0 Å². The van der Waals surface area contributed by atoms with Crippen LogP contribution in [0.15, 0.2) is 35.1 Å². The van der Waals surface area contributed by atoms with Crippen LogP contribution in [0.4, 0.5) is 5.69 Å². The van der Waals surface area contributed by atoms with Gasteiger partial charge in [0.05, 0.1) is 6.54 Å². The molecule has 6 nitrogen and oxygen atoms in total. The van der Waals surface area contributed by atoms with Gasteiger partial charge in [-0.3, -0.25) is 4.79 Å². The van der Waals surface area contributed by atoms with Gasteiger partial charge in [-0.2, -0.15) is 0 Å². The molecule has 0 aliphatic heterocycles. The van der Waals surface area contributed by atoms with Gasteiger partial charge in [0.1, 0.15) is 0 Å². The lowest BCUT2D eigenvalue weighted by Gasteiger charge is -2.06. The SMILES string of the molecule is CCNCC(=O)Nc1cccc(-c2nnco2)c1. The van der Waals surface area contributed by atoms with Crippen LogP contribution in [-0.2, 0) is 4.79 Å². The standard InChI is InChI=1S/C12H14N4O2/c1-2-13-7-11(17)15-10-5-3-4-9(6-10)12-16-14-8-18-12/h3-6,8,13H,2,7H2,1H3,(H,15,17). The van der Waals surface area contributed by atoms with Crippen LogP contribution in [0, 0.1) is 0 Å². The Morgan fingerprint density at radius 3 is 3.06 bits per heavy atom. The molecule has 6 heteroatoms. The Balaban J connectivity index is 2.06. The maximum atomic E-state index is 11.5. The summed E-state index contributed by atoms with van der Waals surface area (Å²) in [5.74, 6) is 0.345. The second-order valence-electron chi connectivity index (χ2n) is 3.65. The van der Waals surface area contributed by atoms with Crippen molar-refractivity contribution in [3.05, 3.63) is 30.7 Å². The molecule has 18 heavy (non-hydrogen) atoms. The van der Waals surface area contributed by atoms with Crippen molar-refractivity contribution in [3.63, 3.8) is 0 Å². The number of anilines is 1. The molecule has 2 N–H and O–H groups in total. The highest BCUT2D eigenvalue weighted by Gasteiger charge is 2.06. The predicted octanol–water partition coefficient (Wildman–Crippen LogP) is 1.28. The number of benzene rings is 1. The van der Waals surface area contributed by atoms with Crippen molar-refractivity contribution >= 4 is 11.6 Å². The topological polar surface area (TPSA) is 80.0 Å². The molecule has 0 fully saturated rings. The average molecular weight is 246 g/mol. The lowest BCUT2D eigenvalue weighted by Crippen LogP contribution is -2.27. The molecule has 0 radical (unpaired) electrons. The zero-order valence-corrected chi connectivity index (χ0v) is 10.0. The van der Waals surface area contributed by atoms with E-state index < -0.39 is 0 Å². The Kier molecular flexibility index (Phi) is 4.03. The van der Waals surface area contributed by atoms with Gasteiger partial charge >= 0.3 is 0 Å². The van der Waals surface area contributed by atoms with E-state index in [1.165, 1.54) is 6.39 Å². The number of likely N-dealkylation sites (N-methyl/N-ethyl adjacent to an activating group) is 1. The number of hydrogen-bond donors (Lipinski definition) is 2. The fourth-order valence-corrected chi connectivity index (χ4v) is 1.47. The number of nitrogens with one attached hydrogen (secondary N) is 2. The highest BCUT2D eigenvalue weighted by atomic mass is 16.4. The van der Waals surface area contributed by atoms with E-state index in [0.29, 0.717) is 18.1 Å². The van der Waals surface area contributed by atoms with Crippen molar-refractivity contribution in [1.29, 1.82) is 0 Å². The number of amides is 1. The lowest BCUT2D eigenvalue weighted by molar-refractivity contribution is -0.115. The normalized spacial score (nSPS) is 10.3. The Bertz CT molecular complexity index is 511. The molecule has 0 aliphatic rings. The van der Waals surface area contributed by atoms with E-state index >= 15 is 0 Å². The van der Waals surface area contributed by atoms with Gasteiger partial charge in [-0.15, -0.1) is 10.2 Å². The minimum atomic E-state index is -0.0838. The number of hydrogen-bond acceptors (Lipinski definition) is 5. The molecule has 2 aromatic rings. The van der Waals surface area contributed by atoms with Crippen LogP contribution in [0.25, 0.3) is 11.5 Å². The quantitative estimate of drug-likeness (QED) is 0.830. The number of carbonyl (C=O) groups is 1. The fraction of sp³-hybridized carbons (Fsp3) is 0.250. The Morgan fingerprint density at radius 1 is 1.44 bits per heavy atom. The summed E-state index contributed by atoms with van der Waals surface area (Å²) in [4.78, 5) is 11.5. The van der Waals surface area contributed by atoms with Crippen molar-refractivity contribution in [1.82, 2.24) is 15.5 Å². The molecule has 1 amide bonds. The molecule has 1 aromatic carbocycles. The van der Waals surface area contributed by atoms with Crippen LogP contribution >= 0.6 is 0 Å². The second-order valence-corrected chi connectivity index (χ2v) is 3.65. The van der Waals surface area contributed by atoms with Gasteiger partial charge in [-0.25, -0.2) is 0 Å². The summed E-state index contributed by atoms with van der Waals surface area (Å²) < 4.78 is 5.10. The van der Waals surface area contributed by atoms with Crippen molar-refractivity contribution < 1.29 is 9.21 Å². The van der Waals surface area contributed by atoms with Crippen molar-refractivity contribution in [3.8, 4) is 11.5 Å². The third-order valence-corrected chi connectivity index (χ3v) is 2.29. The largest absolute Gasteiger partial charge is 0.423 e. The third kappa shape index (κ3) is 3.14. The molecule has 0 bridgehead atoms. The molecule has 1 heterocycles. The first kappa shape index (κ1) is 12.3. The van der Waals surface area contributed by atoms with Crippen LogP contribution in [-0.4, -0.2) is 29.2 Å². The third-order valence-electron chi connectivity index (χ3n) is 2.29. The summed E-state index contributed by atoms with van der Waals surface area (Å²) in [5.41, 5.74) is 1.47. The highest BCUT2D eigenvalue weighted by molar-refractivity contribution is 5.92. The predicted molar refractivity (Wildman–Crippen MR) is 66.9 cm³/mol. The molecule has 0 unspecified atom stereocenters. The zero-order valence-electron chi connectivity index (χ0n) is 10.0. The number of rotatable bonds is 5. The monoisotopic (exact) mass is 246 g/mol. The van der Waals surface area contributed by atoms with Gasteiger partial charge in [0.15, 0.2) is 0 Å². The minimum Gasteiger partial charge on any atom is -0.423 e. The Labute approximate surface area is 104 Å². The van der Waals surface area contributed by atoms with E-state index in [0.717, 1.165) is 12.1 Å². The molecule has 0 saturated heterocycles. The zero-order chi connectivity index (χ0) is 12.8. The maximum Gasteiger partial charge on any atom is 0.247 e. The highest BCUT2D eigenvalue weighted by Crippen LogP contribution is 2.19. The van der Waals surface area contributed by atoms with Gasteiger partial charge in [0, 0.05) is 11.3 Å². The van der Waals surface area contributed by atoms with Crippen LogP contribution in [0.5, 0.6) is 0 Å². The summed E-state index contributed by atoms with van der Waals surface area (Å²) in [6.45, 7) is 3.00. The number of nitrogens with zero attached hydrogens (tertiary/aromatic N) is 2. The fourth-order valence-electron chi connectivity index (χ4n) is 1.47. The summed E-state index contributed by atoms with van der Waals surface area (Å²) in [6.07, 6.45) is 1.27. The first-order valence-electron chi connectivity index (χ1n) is 5.66. The van der Waals surface area contributed by atoms with E-state index in [4.69, 9.17) is 4.42 Å². The van der Waals surface area contributed by atoms with Crippen molar-refractivity contribution in [2.45, 2.75) is 6.92 Å². The lowest BCUT2D eigenvalue weighted by atomic mass is 10.2. The van der Waals surface area contributed by atoms with E-state index in [-0.39, 0.29) is 5.91 Å². The van der Waals surface area contributed by atoms with E-state index in [9.17, 15) is 4.79 Å². The van der Waals surface area contributed by atoms with E-state index in [1.54, 1.807) is 6.07 Å². The van der Waals surface area contributed by atoms with Crippen molar-refractivity contribution in [2.75, 3.05) is 18.4 Å². The van der Waals surface area contributed by atoms with Gasteiger partial charge in [0.25, 0.3) is 0 Å². The summed E-state index contributed by atoms with van der Waals surface area (Å²) in [6, 6.07) is 7.26. The van der Waals surface area contributed by atoms with Gasteiger partial charge in [-0.1, -0.05) is 13.0 Å². The number of aromatic nitrogens is 2. The smallest absolute Gasteiger partial charge is 0.247 e. The number of carbonyl (C=O) groups excluding carboxylic acids is 1.